The molecule has 2 aromatic carbocycles. The Morgan fingerprint density at radius 2 is 1.97 bits per heavy atom. The van der Waals surface area contributed by atoms with E-state index in [-0.39, 0.29) is 23.6 Å². The van der Waals surface area contributed by atoms with Crippen LogP contribution in [0.4, 0.5) is 0 Å². The molecule has 1 amide bonds. The highest BCUT2D eigenvalue weighted by Gasteiger charge is 2.24. The predicted octanol–water partition coefficient (Wildman–Crippen LogP) is 1.61. The van der Waals surface area contributed by atoms with Gasteiger partial charge in [-0.3, -0.25) is 4.79 Å². The number of aryl methyl sites for hydroxylation is 1. The largest absolute Gasteiger partial charge is 0.489 e. The van der Waals surface area contributed by atoms with Gasteiger partial charge in [-0.2, -0.15) is 5.26 Å². The average molecular weight is 489 g/mol. The van der Waals surface area contributed by atoms with Gasteiger partial charge < -0.3 is 20.5 Å². The van der Waals surface area contributed by atoms with E-state index in [1.54, 1.807) is 25.1 Å². The van der Waals surface area contributed by atoms with E-state index in [0.29, 0.717) is 29.8 Å². The summed E-state index contributed by atoms with van der Waals surface area (Å²) in [5.74, 6) is 0.0287. The van der Waals surface area contributed by atoms with Gasteiger partial charge in [0, 0.05) is 24.2 Å². The van der Waals surface area contributed by atoms with Crippen molar-refractivity contribution in [2.75, 3.05) is 19.7 Å². The standard InChI is InChI=1S/C24H32N4O5S/c1-5-27-23(30)21-11-20(34(26,31)32)9-8-17(21)12-24(3,4)28-14-19(29)15-33-22-10-16(2)6-7-18(22)13-25/h6-11,19,28-29H,5,12,14-15H2,1-4H3,(H,27,30)(H2,26,31,32)/t19-/m0/s1. The quantitative estimate of drug-likeness (QED) is 0.375. The fraction of sp³-hybridized carbons (Fsp3) is 0.417. The van der Waals surface area contributed by atoms with Gasteiger partial charge in [-0.15, -0.1) is 0 Å². The lowest BCUT2D eigenvalue weighted by atomic mass is 9.91. The summed E-state index contributed by atoms with van der Waals surface area (Å²) in [5.41, 5.74) is 1.66. The second kappa shape index (κ2) is 11.4. The van der Waals surface area contributed by atoms with Crippen LogP contribution in [0.15, 0.2) is 41.3 Å². The maximum atomic E-state index is 12.5. The van der Waals surface area contributed by atoms with Crippen LogP contribution in [0, 0.1) is 18.3 Å². The van der Waals surface area contributed by atoms with Gasteiger partial charge in [-0.05, 0) is 69.5 Å². The first-order valence-corrected chi connectivity index (χ1v) is 12.4. The van der Waals surface area contributed by atoms with Crippen LogP contribution >= 0.6 is 0 Å². The Morgan fingerprint density at radius 1 is 1.26 bits per heavy atom. The summed E-state index contributed by atoms with van der Waals surface area (Å²) >= 11 is 0. The monoisotopic (exact) mass is 488 g/mol. The minimum absolute atomic E-state index is 0.00553. The molecule has 0 radical (unpaired) electrons. The predicted molar refractivity (Wildman–Crippen MR) is 129 cm³/mol. The van der Waals surface area contributed by atoms with E-state index >= 15 is 0 Å². The van der Waals surface area contributed by atoms with Gasteiger partial charge in [0.05, 0.1) is 10.5 Å². The smallest absolute Gasteiger partial charge is 0.251 e. The lowest BCUT2D eigenvalue weighted by Gasteiger charge is -2.29. The summed E-state index contributed by atoms with van der Waals surface area (Å²) in [5, 5.41) is 30.8. The van der Waals surface area contributed by atoms with E-state index in [9.17, 15) is 23.6 Å². The van der Waals surface area contributed by atoms with Gasteiger partial charge in [0.1, 0.15) is 24.5 Å². The lowest BCUT2D eigenvalue weighted by Crippen LogP contribution is -2.46. The molecule has 0 saturated heterocycles. The first-order chi connectivity index (χ1) is 15.9. The zero-order valence-corrected chi connectivity index (χ0v) is 20.7. The Hall–Kier alpha value is -2.97. The number of hydrogen-bond donors (Lipinski definition) is 4. The number of nitrogens with one attached hydrogen (secondary N) is 2. The molecule has 0 fully saturated rings. The van der Waals surface area contributed by atoms with Crippen molar-refractivity contribution in [1.82, 2.24) is 10.6 Å². The highest BCUT2D eigenvalue weighted by molar-refractivity contribution is 7.89. The van der Waals surface area contributed by atoms with Crippen LogP contribution in [0.3, 0.4) is 0 Å². The summed E-state index contributed by atoms with van der Waals surface area (Å²) < 4.78 is 29.1. The molecular formula is C24H32N4O5S. The van der Waals surface area contributed by atoms with Crippen molar-refractivity contribution in [3.05, 3.63) is 58.7 Å². The molecule has 10 heteroatoms. The molecule has 2 rings (SSSR count). The van der Waals surface area contributed by atoms with E-state index in [1.807, 2.05) is 26.8 Å². The minimum atomic E-state index is -3.96. The molecule has 34 heavy (non-hydrogen) atoms. The zero-order chi connectivity index (χ0) is 25.5. The van der Waals surface area contributed by atoms with Crippen molar-refractivity contribution in [2.24, 2.45) is 5.14 Å². The summed E-state index contributed by atoms with van der Waals surface area (Å²) in [6, 6.07) is 11.5. The number of nitrogens with zero attached hydrogens (tertiary/aromatic N) is 1. The van der Waals surface area contributed by atoms with Gasteiger partial charge >= 0.3 is 0 Å². The molecule has 0 bridgehead atoms. The van der Waals surface area contributed by atoms with Crippen molar-refractivity contribution in [3.8, 4) is 11.8 Å². The molecular weight excluding hydrogens is 456 g/mol. The molecule has 0 aliphatic rings. The van der Waals surface area contributed by atoms with Crippen LogP contribution in [0.1, 0.15) is 47.8 Å². The van der Waals surface area contributed by atoms with Gasteiger partial charge in [0.25, 0.3) is 5.91 Å². The number of rotatable bonds is 11. The molecule has 0 aromatic heterocycles. The van der Waals surface area contributed by atoms with E-state index in [2.05, 4.69) is 16.7 Å². The van der Waals surface area contributed by atoms with Crippen molar-refractivity contribution in [3.63, 3.8) is 0 Å². The highest BCUT2D eigenvalue weighted by atomic mass is 32.2. The number of benzene rings is 2. The summed E-state index contributed by atoms with van der Waals surface area (Å²) in [6.45, 7) is 8.06. The third-order valence-corrected chi connectivity index (χ3v) is 6.04. The molecule has 0 heterocycles. The number of carbonyl (C=O) groups is 1. The molecule has 5 N–H and O–H groups in total. The molecule has 0 saturated carbocycles. The third-order valence-electron chi connectivity index (χ3n) is 5.13. The molecule has 184 valence electrons. The summed E-state index contributed by atoms with van der Waals surface area (Å²) in [7, 11) is -3.96. The second-order valence-electron chi connectivity index (χ2n) is 8.74. The molecule has 0 spiro atoms. The summed E-state index contributed by atoms with van der Waals surface area (Å²) in [6.07, 6.45) is -0.465. The molecule has 0 aliphatic carbocycles. The van der Waals surface area contributed by atoms with Gasteiger partial charge in [0.15, 0.2) is 0 Å². The number of primary sulfonamides is 1. The SMILES string of the molecule is CCNC(=O)c1cc(S(N)(=O)=O)ccc1CC(C)(C)NC[C@H](O)COc1cc(C)ccc1C#N. The van der Waals surface area contributed by atoms with Crippen LogP contribution < -0.4 is 20.5 Å². The highest BCUT2D eigenvalue weighted by Crippen LogP contribution is 2.22. The number of carbonyl (C=O) groups excluding carboxylic acids is 1. The number of β-amino-alcohol motifs (C(OH)–C–C–N with tert-alkyl or cyclic N) is 1. The van der Waals surface area contributed by atoms with Crippen molar-refractivity contribution in [2.45, 2.75) is 50.7 Å². The first-order valence-electron chi connectivity index (χ1n) is 10.9. The number of sulfonamides is 1. The normalized spacial score (nSPS) is 12.6. The third kappa shape index (κ3) is 7.81. The van der Waals surface area contributed by atoms with Gasteiger partial charge in [-0.1, -0.05) is 12.1 Å². The number of amides is 1. The maximum absolute atomic E-state index is 12.5. The maximum Gasteiger partial charge on any atom is 0.251 e. The first kappa shape index (κ1) is 27.3. The van der Waals surface area contributed by atoms with Crippen molar-refractivity contribution < 1.29 is 23.1 Å². The Kier molecular flexibility index (Phi) is 9.18. The number of aliphatic hydroxyl groups is 1. The van der Waals surface area contributed by atoms with Gasteiger partial charge in [0.2, 0.25) is 10.0 Å². The molecule has 9 nitrogen and oxygen atoms in total. The zero-order valence-electron chi connectivity index (χ0n) is 19.9. The lowest BCUT2D eigenvalue weighted by molar-refractivity contribution is 0.0950. The second-order valence-corrected chi connectivity index (χ2v) is 10.3. The van der Waals surface area contributed by atoms with E-state index in [4.69, 9.17) is 9.88 Å². The molecule has 0 unspecified atom stereocenters. The minimum Gasteiger partial charge on any atom is -0.489 e. The van der Waals surface area contributed by atoms with Crippen molar-refractivity contribution >= 4 is 15.9 Å². The average Bonchev–Trinajstić information content (AvgIpc) is 2.76. The Balaban J connectivity index is 2.07. The Labute approximate surface area is 201 Å². The number of aliphatic hydroxyl groups excluding tert-OH is 1. The fourth-order valence-electron chi connectivity index (χ4n) is 3.37. The number of nitriles is 1. The van der Waals surface area contributed by atoms with E-state index in [0.717, 1.165) is 5.56 Å². The molecule has 1 atom stereocenters. The van der Waals surface area contributed by atoms with Crippen LogP contribution in [-0.4, -0.2) is 50.8 Å². The van der Waals surface area contributed by atoms with Crippen LogP contribution in [0.2, 0.25) is 0 Å². The number of ether oxygens (including phenoxy) is 1. The molecule has 2 aromatic rings. The fourth-order valence-corrected chi connectivity index (χ4v) is 3.91. The topological polar surface area (TPSA) is 155 Å². The molecule has 0 aliphatic heterocycles. The number of nitrogens with two attached hydrogens (primary N) is 1. The van der Waals surface area contributed by atoms with E-state index in [1.165, 1.54) is 12.1 Å². The summed E-state index contributed by atoms with van der Waals surface area (Å²) in [4.78, 5) is 12.4. The van der Waals surface area contributed by atoms with Crippen LogP contribution in [0.25, 0.3) is 0 Å². The Morgan fingerprint density at radius 3 is 2.59 bits per heavy atom. The van der Waals surface area contributed by atoms with E-state index < -0.39 is 27.6 Å². The van der Waals surface area contributed by atoms with Crippen LogP contribution in [-0.2, 0) is 16.4 Å². The van der Waals surface area contributed by atoms with Gasteiger partial charge in [-0.25, -0.2) is 13.6 Å². The number of hydrogen-bond acceptors (Lipinski definition) is 7. The Bertz CT molecular complexity index is 1170. The van der Waals surface area contributed by atoms with Crippen molar-refractivity contribution in [1.29, 1.82) is 5.26 Å². The van der Waals surface area contributed by atoms with Crippen LogP contribution in [0.5, 0.6) is 5.75 Å².